The SMILES string of the molecule is Cc1ccc(Oc2ccnc(N3CCOCC3)c2)cc1. The van der Waals surface area contributed by atoms with Crippen molar-refractivity contribution in [2.45, 2.75) is 6.92 Å². The molecule has 0 amide bonds. The molecule has 0 N–H and O–H groups in total. The second-order valence-electron chi connectivity index (χ2n) is 4.86. The van der Waals surface area contributed by atoms with E-state index in [2.05, 4.69) is 16.8 Å². The molecule has 1 saturated heterocycles. The summed E-state index contributed by atoms with van der Waals surface area (Å²) in [7, 11) is 0. The Hall–Kier alpha value is -2.07. The smallest absolute Gasteiger partial charge is 0.132 e. The van der Waals surface area contributed by atoms with Crippen molar-refractivity contribution in [3.8, 4) is 11.5 Å². The average Bonchev–Trinajstić information content (AvgIpc) is 2.51. The third kappa shape index (κ3) is 3.08. The van der Waals surface area contributed by atoms with E-state index >= 15 is 0 Å². The van der Waals surface area contributed by atoms with Gasteiger partial charge in [-0.1, -0.05) is 17.7 Å². The molecule has 20 heavy (non-hydrogen) atoms. The normalized spacial score (nSPS) is 15.2. The van der Waals surface area contributed by atoms with Crippen molar-refractivity contribution in [1.82, 2.24) is 4.98 Å². The highest BCUT2D eigenvalue weighted by Crippen LogP contribution is 2.24. The predicted octanol–water partition coefficient (Wildman–Crippen LogP) is 3.02. The lowest BCUT2D eigenvalue weighted by Gasteiger charge is -2.27. The number of anilines is 1. The molecule has 0 saturated carbocycles. The first-order valence-corrected chi connectivity index (χ1v) is 6.84. The van der Waals surface area contributed by atoms with Crippen LogP contribution in [0, 0.1) is 6.92 Å². The molecule has 4 nitrogen and oxygen atoms in total. The van der Waals surface area contributed by atoms with Gasteiger partial charge in [0, 0.05) is 25.4 Å². The fourth-order valence-corrected chi connectivity index (χ4v) is 2.17. The minimum atomic E-state index is 0.755. The van der Waals surface area contributed by atoms with Crippen LogP contribution in [-0.4, -0.2) is 31.3 Å². The minimum Gasteiger partial charge on any atom is -0.457 e. The minimum absolute atomic E-state index is 0.755. The molecule has 0 radical (unpaired) electrons. The molecule has 104 valence electrons. The van der Waals surface area contributed by atoms with E-state index in [0.717, 1.165) is 43.6 Å². The Bertz CT molecular complexity index is 563. The molecule has 2 aromatic rings. The Labute approximate surface area is 119 Å². The molecule has 3 rings (SSSR count). The first kappa shape index (κ1) is 12.9. The maximum Gasteiger partial charge on any atom is 0.132 e. The van der Waals surface area contributed by atoms with Crippen molar-refractivity contribution in [1.29, 1.82) is 0 Å². The summed E-state index contributed by atoms with van der Waals surface area (Å²) in [5, 5.41) is 0. The van der Waals surface area contributed by atoms with Gasteiger partial charge in [-0.3, -0.25) is 0 Å². The predicted molar refractivity (Wildman–Crippen MR) is 78.5 cm³/mol. The number of aromatic nitrogens is 1. The van der Waals surface area contributed by atoms with Crippen LogP contribution in [-0.2, 0) is 4.74 Å². The highest BCUT2D eigenvalue weighted by Gasteiger charge is 2.12. The number of pyridine rings is 1. The molecule has 0 aliphatic carbocycles. The van der Waals surface area contributed by atoms with Crippen molar-refractivity contribution in [2.24, 2.45) is 0 Å². The summed E-state index contributed by atoms with van der Waals surface area (Å²) < 4.78 is 11.2. The number of aryl methyl sites for hydroxylation is 1. The van der Waals surface area contributed by atoms with Gasteiger partial charge in [-0.25, -0.2) is 4.98 Å². The maximum absolute atomic E-state index is 5.87. The molecule has 0 bridgehead atoms. The van der Waals surface area contributed by atoms with Crippen LogP contribution in [0.25, 0.3) is 0 Å². The highest BCUT2D eigenvalue weighted by atomic mass is 16.5. The van der Waals surface area contributed by atoms with Crippen LogP contribution in [0.5, 0.6) is 11.5 Å². The molecule has 4 heteroatoms. The van der Waals surface area contributed by atoms with E-state index in [4.69, 9.17) is 9.47 Å². The number of ether oxygens (including phenoxy) is 2. The molecule has 1 aliphatic heterocycles. The number of rotatable bonds is 3. The van der Waals surface area contributed by atoms with Gasteiger partial charge < -0.3 is 14.4 Å². The highest BCUT2D eigenvalue weighted by molar-refractivity contribution is 5.45. The van der Waals surface area contributed by atoms with Crippen molar-refractivity contribution >= 4 is 5.82 Å². The third-order valence-corrected chi connectivity index (χ3v) is 3.31. The van der Waals surface area contributed by atoms with Crippen LogP contribution in [0.4, 0.5) is 5.82 Å². The first-order valence-electron chi connectivity index (χ1n) is 6.84. The Morgan fingerprint density at radius 2 is 1.80 bits per heavy atom. The van der Waals surface area contributed by atoms with E-state index in [-0.39, 0.29) is 0 Å². The van der Waals surface area contributed by atoms with Gasteiger partial charge in [-0.15, -0.1) is 0 Å². The zero-order valence-corrected chi connectivity index (χ0v) is 11.6. The van der Waals surface area contributed by atoms with Gasteiger partial charge >= 0.3 is 0 Å². The molecule has 1 aromatic heterocycles. The van der Waals surface area contributed by atoms with Gasteiger partial charge in [0.15, 0.2) is 0 Å². The number of hydrogen-bond acceptors (Lipinski definition) is 4. The first-order chi connectivity index (χ1) is 9.81. The fourth-order valence-electron chi connectivity index (χ4n) is 2.17. The Morgan fingerprint density at radius 3 is 2.55 bits per heavy atom. The standard InChI is InChI=1S/C16H18N2O2/c1-13-2-4-14(5-3-13)20-15-6-7-17-16(12-15)18-8-10-19-11-9-18/h2-7,12H,8-11H2,1H3. The van der Waals surface area contributed by atoms with Crippen molar-refractivity contribution in [2.75, 3.05) is 31.2 Å². The molecule has 0 spiro atoms. The monoisotopic (exact) mass is 270 g/mol. The summed E-state index contributed by atoms with van der Waals surface area (Å²) in [6, 6.07) is 11.9. The lowest BCUT2D eigenvalue weighted by Crippen LogP contribution is -2.36. The van der Waals surface area contributed by atoms with Crippen LogP contribution in [0.2, 0.25) is 0 Å². The van der Waals surface area contributed by atoms with Crippen LogP contribution < -0.4 is 9.64 Å². The van der Waals surface area contributed by atoms with E-state index in [1.54, 1.807) is 6.20 Å². The third-order valence-electron chi connectivity index (χ3n) is 3.31. The molecule has 1 aliphatic rings. The van der Waals surface area contributed by atoms with Crippen LogP contribution in [0.3, 0.4) is 0 Å². The summed E-state index contributed by atoms with van der Waals surface area (Å²) in [4.78, 5) is 6.62. The number of morpholine rings is 1. The molecular formula is C16H18N2O2. The van der Waals surface area contributed by atoms with E-state index in [1.807, 2.05) is 36.4 Å². The van der Waals surface area contributed by atoms with Crippen LogP contribution in [0.1, 0.15) is 5.56 Å². The maximum atomic E-state index is 5.87. The molecular weight excluding hydrogens is 252 g/mol. The Kier molecular flexibility index (Phi) is 3.83. The molecule has 1 fully saturated rings. The van der Waals surface area contributed by atoms with Gasteiger partial charge in [0.05, 0.1) is 13.2 Å². The number of nitrogens with zero attached hydrogens (tertiary/aromatic N) is 2. The Balaban J connectivity index is 1.75. The average molecular weight is 270 g/mol. The van der Waals surface area contributed by atoms with E-state index in [9.17, 15) is 0 Å². The van der Waals surface area contributed by atoms with E-state index in [1.165, 1.54) is 5.56 Å². The molecule has 0 unspecified atom stereocenters. The second kappa shape index (κ2) is 5.92. The summed E-state index contributed by atoms with van der Waals surface area (Å²) >= 11 is 0. The second-order valence-corrected chi connectivity index (χ2v) is 4.86. The van der Waals surface area contributed by atoms with Crippen molar-refractivity contribution < 1.29 is 9.47 Å². The van der Waals surface area contributed by atoms with E-state index in [0.29, 0.717) is 0 Å². The van der Waals surface area contributed by atoms with Gasteiger partial charge in [0.25, 0.3) is 0 Å². The molecule has 1 aromatic carbocycles. The zero-order chi connectivity index (χ0) is 13.8. The van der Waals surface area contributed by atoms with Crippen LogP contribution in [0.15, 0.2) is 42.6 Å². The fraction of sp³-hybridized carbons (Fsp3) is 0.312. The summed E-state index contributed by atoms with van der Waals surface area (Å²) in [6.45, 7) is 5.32. The van der Waals surface area contributed by atoms with E-state index < -0.39 is 0 Å². The van der Waals surface area contributed by atoms with Gasteiger partial charge in [-0.05, 0) is 25.1 Å². The van der Waals surface area contributed by atoms with Crippen LogP contribution >= 0.6 is 0 Å². The van der Waals surface area contributed by atoms with Crippen molar-refractivity contribution in [3.63, 3.8) is 0 Å². The summed E-state index contributed by atoms with van der Waals surface area (Å²) in [5.41, 5.74) is 1.22. The zero-order valence-electron chi connectivity index (χ0n) is 11.6. The number of benzene rings is 1. The number of hydrogen-bond donors (Lipinski definition) is 0. The largest absolute Gasteiger partial charge is 0.457 e. The lowest BCUT2D eigenvalue weighted by molar-refractivity contribution is 0.122. The van der Waals surface area contributed by atoms with Gasteiger partial charge in [0.2, 0.25) is 0 Å². The van der Waals surface area contributed by atoms with Crippen molar-refractivity contribution in [3.05, 3.63) is 48.2 Å². The quantitative estimate of drug-likeness (QED) is 0.858. The van der Waals surface area contributed by atoms with Gasteiger partial charge in [0.1, 0.15) is 17.3 Å². The lowest BCUT2D eigenvalue weighted by atomic mass is 10.2. The van der Waals surface area contributed by atoms with Gasteiger partial charge in [-0.2, -0.15) is 0 Å². The summed E-state index contributed by atoms with van der Waals surface area (Å²) in [6.07, 6.45) is 1.79. The Morgan fingerprint density at radius 1 is 1.05 bits per heavy atom. The topological polar surface area (TPSA) is 34.6 Å². The molecule has 0 atom stereocenters. The molecule has 2 heterocycles. The summed E-state index contributed by atoms with van der Waals surface area (Å²) in [5.74, 6) is 2.60.